The number of phenols is 1. The zero-order valence-corrected chi connectivity index (χ0v) is 11.0. The van der Waals surface area contributed by atoms with Gasteiger partial charge in [-0.25, -0.2) is 0 Å². The zero-order chi connectivity index (χ0) is 13.2. The largest absolute Gasteiger partial charge is 0.508 e. The van der Waals surface area contributed by atoms with Crippen molar-refractivity contribution in [3.05, 3.63) is 59.4 Å². The summed E-state index contributed by atoms with van der Waals surface area (Å²) in [6.07, 6.45) is 5.82. The van der Waals surface area contributed by atoms with Gasteiger partial charge in [0.15, 0.2) is 0 Å². The van der Waals surface area contributed by atoms with E-state index in [1.165, 1.54) is 16.7 Å². The maximum Gasteiger partial charge on any atom is 0.115 e. The summed E-state index contributed by atoms with van der Waals surface area (Å²) >= 11 is 0. The first kappa shape index (κ1) is 12.2. The van der Waals surface area contributed by atoms with Crippen LogP contribution in [-0.2, 0) is 6.42 Å². The number of aromatic hydroxyl groups is 1. The number of nitrogens with one attached hydrogen (secondary N) is 1. The molecule has 0 radical (unpaired) electrons. The lowest BCUT2D eigenvalue weighted by Crippen LogP contribution is -2.23. The Kier molecular flexibility index (Phi) is 3.22. The smallest absolute Gasteiger partial charge is 0.115 e. The molecule has 98 valence electrons. The number of benzene rings is 1. The Labute approximate surface area is 113 Å². The highest BCUT2D eigenvalue weighted by Crippen LogP contribution is 2.34. The van der Waals surface area contributed by atoms with Crippen molar-refractivity contribution in [3.63, 3.8) is 0 Å². The predicted molar refractivity (Wildman–Crippen MR) is 75.0 cm³/mol. The fraction of sp³-hybridized carbons (Fsp3) is 0.312. The highest BCUT2D eigenvalue weighted by atomic mass is 16.3. The van der Waals surface area contributed by atoms with Gasteiger partial charge in [0.1, 0.15) is 5.75 Å². The van der Waals surface area contributed by atoms with Crippen LogP contribution in [0.15, 0.2) is 42.7 Å². The van der Waals surface area contributed by atoms with Crippen LogP contribution in [0.25, 0.3) is 0 Å². The van der Waals surface area contributed by atoms with E-state index in [2.05, 4.69) is 23.3 Å². The van der Waals surface area contributed by atoms with Gasteiger partial charge in [0.05, 0.1) is 0 Å². The summed E-state index contributed by atoms with van der Waals surface area (Å²) < 4.78 is 0. The summed E-state index contributed by atoms with van der Waals surface area (Å²) in [6, 6.07) is 10.4. The Morgan fingerprint density at radius 3 is 3.05 bits per heavy atom. The maximum absolute atomic E-state index is 9.51. The van der Waals surface area contributed by atoms with E-state index < -0.39 is 0 Å². The second-order valence-electron chi connectivity index (χ2n) is 5.15. The first-order chi connectivity index (χ1) is 9.24. The number of aromatic nitrogens is 1. The Morgan fingerprint density at radius 1 is 1.37 bits per heavy atom. The van der Waals surface area contributed by atoms with E-state index in [0.717, 1.165) is 12.8 Å². The fourth-order valence-corrected chi connectivity index (χ4v) is 2.81. The topological polar surface area (TPSA) is 45.1 Å². The van der Waals surface area contributed by atoms with Crippen LogP contribution in [0.2, 0.25) is 0 Å². The summed E-state index contributed by atoms with van der Waals surface area (Å²) in [7, 11) is 0. The van der Waals surface area contributed by atoms with E-state index in [0.29, 0.717) is 11.8 Å². The van der Waals surface area contributed by atoms with Crippen LogP contribution in [0.1, 0.15) is 42.1 Å². The molecule has 19 heavy (non-hydrogen) atoms. The molecule has 1 aliphatic carbocycles. The monoisotopic (exact) mass is 254 g/mol. The number of pyridine rings is 1. The van der Waals surface area contributed by atoms with Crippen LogP contribution in [0.4, 0.5) is 0 Å². The second kappa shape index (κ2) is 5.02. The molecule has 1 unspecified atom stereocenters. The minimum atomic E-state index is 0.276. The molecular formula is C16H18N2O. The summed E-state index contributed by atoms with van der Waals surface area (Å²) in [5.41, 5.74) is 3.78. The van der Waals surface area contributed by atoms with Crippen LogP contribution in [0.5, 0.6) is 5.75 Å². The van der Waals surface area contributed by atoms with E-state index in [9.17, 15) is 5.11 Å². The molecule has 3 heteroatoms. The highest BCUT2D eigenvalue weighted by Gasteiger charge is 2.24. The van der Waals surface area contributed by atoms with Gasteiger partial charge in [-0.1, -0.05) is 12.1 Å². The van der Waals surface area contributed by atoms with E-state index in [4.69, 9.17) is 0 Å². The first-order valence-electron chi connectivity index (χ1n) is 6.72. The number of hydrogen-bond donors (Lipinski definition) is 2. The molecule has 0 saturated heterocycles. The van der Waals surface area contributed by atoms with Crippen molar-refractivity contribution in [2.45, 2.75) is 31.8 Å². The molecule has 1 aromatic carbocycles. The predicted octanol–water partition coefficient (Wildman–Crippen LogP) is 3.13. The molecule has 0 saturated carbocycles. The molecule has 0 amide bonds. The molecule has 1 aliphatic rings. The minimum absolute atomic E-state index is 0.276. The van der Waals surface area contributed by atoms with Crippen molar-refractivity contribution < 1.29 is 5.11 Å². The summed E-state index contributed by atoms with van der Waals surface area (Å²) in [4.78, 5) is 4.16. The second-order valence-corrected chi connectivity index (χ2v) is 5.15. The van der Waals surface area contributed by atoms with Crippen molar-refractivity contribution in [1.29, 1.82) is 0 Å². The van der Waals surface area contributed by atoms with Gasteiger partial charge in [-0.15, -0.1) is 0 Å². The Bertz CT molecular complexity index is 568. The number of aryl methyl sites for hydroxylation is 1. The van der Waals surface area contributed by atoms with Crippen molar-refractivity contribution in [2.24, 2.45) is 0 Å². The summed E-state index contributed by atoms with van der Waals surface area (Å²) in [6.45, 7) is 2.16. The lowest BCUT2D eigenvalue weighted by Gasteiger charge is -2.20. The normalized spacial score (nSPS) is 19.1. The standard InChI is InChI=1S/C16H18N2O/c1-11(13-3-2-8-17-10-13)18-16-7-4-12-9-14(19)5-6-15(12)16/h2-3,5-6,8-11,16,18-19H,4,7H2,1H3/t11-,16?/m0/s1. The molecule has 0 fully saturated rings. The Balaban J connectivity index is 1.76. The van der Waals surface area contributed by atoms with Crippen LogP contribution < -0.4 is 5.32 Å². The lowest BCUT2D eigenvalue weighted by atomic mass is 10.1. The number of rotatable bonds is 3. The number of fused-ring (bicyclic) bond motifs is 1. The van der Waals surface area contributed by atoms with Gasteiger partial charge in [-0.2, -0.15) is 0 Å². The van der Waals surface area contributed by atoms with Crippen LogP contribution in [-0.4, -0.2) is 10.1 Å². The molecule has 1 aromatic heterocycles. The number of hydrogen-bond acceptors (Lipinski definition) is 3. The first-order valence-corrected chi connectivity index (χ1v) is 6.72. The summed E-state index contributed by atoms with van der Waals surface area (Å²) in [5, 5.41) is 13.2. The van der Waals surface area contributed by atoms with Gasteiger partial charge in [0.2, 0.25) is 0 Å². The third-order valence-electron chi connectivity index (χ3n) is 3.84. The van der Waals surface area contributed by atoms with Gasteiger partial charge in [0, 0.05) is 24.5 Å². The van der Waals surface area contributed by atoms with Gasteiger partial charge in [-0.05, 0) is 54.7 Å². The fourth-order valence-electron chi connectivity index (χ4n) is 2.81. The van der Waals surface area contributed by atoms with E-state index in [1.807, 2.05) is 24.4 Å². The molecule has 3 nitrogen and oxygen atoms in total. The molecule has 0 spiro atoms. The minimum Gasteiger partial charge on any atom is -0.508 e. The molecule has 1 heterocycles. The number of phenolic OH excluding ortho intramolecular Hbond substituents is 1. The maximum atomic E-state index is 9.51. The quantitative estimate of drug-likeness (QED) is 0.884. The van der Waals surface area contributed by atoms with Crippen LogP contribution in [0.3, 0.4) is 0 Å². The van der Waals surface area contributed by atoms with E-state index in [1.54, 1.807) is 12.3 Å². The van der Waals surface area contributed by atoms with Crippen molar-refractivity contribution in [2.75, 3.05) is 0 Å². The van der Waals surface area contributed by atoms with Gasteiger partial charge >= 0.3 is 0 Å². The Hall–Kier alpha value is -1.87. The van der Waals surface area contributed by atoms with Crippen LogP contribution >= 0.6 is 0 Å². The molecule has 3 rings (SSSR count). The molecular weight excluding hydrogens is 236 g/mol. The van der Waals surface area contributed by atoms with Crippen molar-refractivity contribution in [3.8, 4) is 5.75 Å². The van der Waals surface area contributed by atoms with E-state index >= 15 is 0 Å². The average molecular weight is 254 g/mol. The van der Waals surface area contributed by atoms with Gasteiger partial charge < -0.3 is 10.4 Å². The molecule has 0 bridgehead atoms. The van der Waals surface area contributed by atoms with Crippen molar-refractivity contribution in [1.82, 2.24) is 10.3 Å². The van der Waals surface area contributed by atoms with Crippen molar-refractivity contribution >= 4 is 0 Å². The SMILES string of the molecule is C[C@H](NC1CCc2cc(O)ccc21)c1cccnc1. The van der Waals surface area contributed by atoms with E-state index in [-0.39, 0.29) is 6.04 Å². The average Bonchev–Trinajstić information content (AvgIpc) is 2.82. The zero-order valence-electron chi connectivity index (χ0n) is 11.0. The molecule has 2 atom stereocenters. The summed E-state index contributed by atoms with van der Waals surface area (Å²) in [5.74, 6) is 0.361. The lowest BCUT2D eigenvalue weighted by molar-refractivity contribution is 0.463. The molecule has 2 aromatic rings. The molecule has 0 aliphatic heterocycles. The highest BCUT2D eigenvalue weighted by molar-refractivity contribution is 5.40. The third-order valence-corrected chi connectivity index (χ3v) is 3.84. The van der Waals surface area contributed by atoms with Gasteiger partial charge in [-0.3, -0.25) is 4.98 Å². The third kappa shape index (κ3) is 2.47. The molecule has 2 N–H and O–H groups in total. The number of nitrogens with zero attached hydrogens (tertiary/aromatic N) is 1. The Morgan fingerprint density at radius 2 is 2.26 bits per heavy atom. The van der Waals surface area contributed by atoms with Gasteiger partial charge in [0.25, 0.3) is 0 Å². The van der Waals surface area contributed by atoms with Crippen LogP contribution in [0, 0.1) is 0 Å².